The van der Waals surface area contributed by atoms with Crippen molar-refractivity contribution in [1.82, 2.24) is 4.90 Å². The van der Waals surface area contributed by atoms with E-state index in [0.29, 0.717) is 12.1 Å². The van der Waals surface area contributed by atoms with Gasteiger partial charge in [0, 0.05) is 18.1 Å². The van der Waals surface area contributed by atoms with E-state index >= 15 is 0 Å². The van der Waals surface area contributed by atoms with E-state index in [4.69, 9.17) is 0 Å². The molecule has 0 aromatic rings. The number of carboxylic acids is 1. The average Bonchev–Trinajstić information content (AvgIpc) is 2.78. The first kappa shape index (κ1) is 14.8. The second-order valence-electron chi connectivity index (χ2n) is 6.54. The van der Waals surface area contributed by atoms with Gasteiger partial charge in [-0.15, -0.1) is 0 Å². The first-order chi connectivity index (χ1) is 9.08. The lowest BCUT2D eigenvalue weighted by molar-refractivity contribution is -0.147. The smallest absolute Gasteiger partial charge is 0.308 e. The van der Waals surface area contributed by atoms with Gasteiger partial charge in [0.2, 0.25) is 0 Å². The van der Waals surface area contributed by atoms with Crippen LogP contribution in [0.4, 0.5) is 0 Å². The molecule has 1 aliphatic carbocycles. The molecule has 0 amide bonds. The molecule has 5 unspecified atom stereocenters. The molecule has 1 saturated carbocycles. The normalized spacial score (nSPS) is 40.5. The van der Waals surface area contributed by atoms with Crippen molar-refractivity contribution in [3.63, 3.8) is 0 Å². The van der Waals surface area contributed by atoms with E-state index < -0.39 is 5.97 Å². The van der Waals surface area contributed by atoms with Crippen molar-refractivity contribution in [3.05, 3.63) is 0 Å². The van der Waals surface area contributed by atoms with Crippen molar-refractivity contribution < 1.29 is 9.90 Å². The van der Waals surface area contributed by atoms with E-state index in [1.165, 1.54) is 19.3 Å². The molecule has 2 fully saturated rings. The molecule has 0 aromatic carbocycles. The topological polar surface area (TPSA) is 40.5 Å². The van der Waals surface area contributed by atoms with Crippen LogP contribution >= 0.6 is 0 Å². The van der Waals surface area contributed by atoms with Gasteiger partial charge in [0.25, 0.3) is 0 Å². The Hall–Kier alpha value is -0.570. The molecule has 110 valence electrons. The first-order valence-electron chi connectivity index (χ1n) is 8.08. The van der Waals surface area contributed by atoms with Crippen LogP contribution in [0.1, 0.15) is 65.7 Å². The number of aliphatic carboxylic acids is 1. The second kappa shape index (κ2) is 6.25. The zero-order valence-electron chi connectivity index (χ0n) is 12.6. The first-order valence-corrected chi connectivity index (χ1v) is 8.08. The summed E-state index contributed by atoms with van der Waals surface area (Å²) in [6.07, 6.45) is 7.90. The summed E-state index contributed by atoms with van der Waals surface area (Å²) in [5.74, 6) is 0.0109. The minimum absolute atomic E-state index is 0.141. The van der Waals surface area contributed by atoms with E-state index in [-0.39, 0.29) is 12.0 Å². The third-order valence-electron chi connectivity index (χ3n) is 5.52. The van der Waals surface area contributed by atoms with Gasteiger partial charge in [0.1, 0.15) is 0 Å². The van der Waals surface area contributed by atoms with Crippen LogP contribution in [0.5, 0.6) is 0 Å². The van der Waals surface area contributed by atoms with Gasteiger partial charge < -0.3 is 5.11 Å². The van der Waals surface area contributed by atoms with Crippen molar-refractivity contribution >= 4 is 5.97 Å². The van der Waals surface area contributed by atoms with E-state index in [1.807, 2.05) is 0 Å². The lowest BCUT2D eigenvalue weighted by Crippen LogP contribution is -2.51. The maximum absolute atomic E-state index is 11.6. The summed E-state index contributed by atoms with van der Waals surface area (Å²) < 4.78 is 0. The number of rotatable bonds is 4. The number of carboxylic acid groups (broad SMARTS) is 1. The summed E-state index contributed by atoms with van der Waals surface area (Å²) in [6.45, 7) is 6.77. The van der Waals surface area contributed by atoms with Crippen LogP contribution in [0, 0.1) is 11.8 Å². The second-order valence-corrected chi connectivity index (χ2v) is 6.54. The van der Waals surface area contributed by atoms with Crippen LogP contribution in [0.15, 0.2) is 0 Å². The van der Waals surface area contributed by atoms with Gasteiger partial charge in [-0.3, -0.25) is 9.69 Å². The molecular weight excluding hydrogens is 238 g/mol. The fraction of sp³-hybridized carbons (Fsp3) is 0.938. The molecule has 0 radical (unpaired) electrons. The van der Waals surface area contributed by atoms with Crippen LogP contribution < -0.4 is 0 Å². The highest BCUT2D eigenvalue weighted by molar-refractivity contribution is 5.71. The summed E-state index contributed by atoms with van der Waals surface area (Å²) in [6, 6.07) is 1.45. The molecule has 1 N–H and O–H groups in total. The van der Waals surface area contributed by atoms with Crippen molar-refractivity contribution in [2.24, 2.45) is 11.8 Å². The van der Waals surface area contributed by atoms with E-state index in [1.54, 1.807) is 0 Å². The molecule has 5 atom stereocenters. The van der Waals surface area contributed by atoms with Gasteiger partial charge in [-0.05, 0) is 51.4 Å². The Kier molecular flexibility index (Phi) is 4.88. The number of hydrogen-bond donors (Lipinski definition) is 1. The van der Waals surface area contributed by atoms with E-state index in [2.05, 4.69) is 25.7 Å². The molecule has 0 spiro atoms. The van der Waals surface area contributed by atoms with Gasteiger partial charge in [0.15, 0.2) is 0 Å². The molecule has 1 aliphatic heterocycles. The Balaban J connectivity index is 2.18. The molecule has 3 nitrogen and oxygen atoms in total. The van der Waals surface area contributed by atoms with Crippen molar-refractivity contribution in [1.29, 1.82) is 0 Å². The van der Waals surface area contributed by atoms with Gasteiger partial charge in [-0.2, -0.15) is 0 Å². The van der Waals surface area contributed by atoms with Crippen LogP contribution in [-0.4, -0.2) is 34.1 Å². The number of hydrogen-bond acceptors (Lipinski definition) is 2. The summed E-state index contributed by atoms with van der Waals surface area (Å²) in [4.78, 5) is 14.2. The number of nitrogens with zero attached hydrogens (tertiary/aromatic N) is 1. The molecule has 1 saturated heterocycles. The highest BCUT2D eigenvalue weighted by Gasteiger charge is 2.43. The molecule has 0 bridgehead atoms. The zero-order valence-corrected chi connectivity index (χ0v) is 12.6. The highest BCUT2D eigenvalue weighted by atomic mass is 16.4. The SMILES string of the molecule is CCC1CCC(C(=O)O)C(N2C(C)CCC2CC)C1. The van der Waals surface area contributed by atoms with Gasteiger partial charge in [0.05, 0.1) is 5.92 Å². The molecule has 2 aliphatic rings. The maximum atomic E-state index is 11.6. The van der Waals surface area contributed by atoms with E-state index in [0.717, 1.165) is 31.6 Å². The Morgan fingerprint density at radius 2 is 1.89 bits per heavy atom. The summed E-state index contributed by atoms with van der Waals surface area (Å²) in [5.41, 5.74) is 0. The zero-order chi connectivity index (χ0) is 14.0. The summed E-state index contributed by atoms with van der Waals surface area (Å²) in [7, 11) is 0. The molecular formula is C16H29NO2. The number of likely N-dealkylation sites (tertiary alicyclic amines) is 1. The highest BCUT2D eigenvalue weighted by Crippen LogP contribution is 2.39. The third kappa shape index (κ3) is 2.96. The average molecular weight is 267 g/mol. The Bertz CT molecular complexity index is 318. The van der Waals surface area contributed by atoms with Crippen molar-refractivity contribution in [2.75, 3.05) is 0 Å². The van der Waals surface area contributed by atoms with Gasteiger partial charge >= 0.3 is 5.97 Å². The van der Waals surface area contributed by atoms with Crippen LogP contribution in [0.25, 0.3) is 0 Å². The summed E-state index contributed by atoms with van der Waals surface area (Å²) >= 11 is 0. The fourth-order valence-corrected chi connectivity index (χ4v) is 4.32. The lowest BCUT2D eigenvalue weighted by Gasteiger charge is -2.43. The molecule has 19 heavy (non-hydrogen) atoms. The van der Waals surface area contributed by atoms with Crippen LogP contribution in [0.2, 0.25) is 0 Å². The monoisotopic (exact) mass is 267 g/mol. The van der Waals surface area contributed by atoms with Gasteiger partial charge in [-0.25, -0.2) is 0 Å². The minimum Gasteiger partial charge on any atom is -0.481 e. The Labute approximate surface area is 117 Å². The van der Waals surface area contributed by atoms with Crippen molar-refractivity contribution in [3.8, 4) is 0 Å². The molecule has 3 heteroatoms. The summed E-state index contributed by atoms with van der Waals surface area (Å²) in [5, 5.41) is 9.55. The number of carbonyl (C=O) groups is 1. The predicted molar refractivity (Wildman–Crippen MR) is 77.2 cm³/mol. The van der Waals surface area contributed by atoms with Crippen molar-refractivity contribution in [2.45, 2.75) is 83.8 Å². The Morgan fingerprint density at radius 3 is 2.47 bits per heavy atom. The van der Waals surface area contributed by atoms with Crippen LogP contribution in [-0.2, 0) is 4.79 Å². The predicted octanol–water partition coefficient (Wildman–Crippen LogP) is 3.53. The molecule has 0 aromatic heterocycles. The minimum atomic E-state index is -0.575. The lowest BCUT2D eigenvalue weighted by atomic mass is 9.76. The van der Waals surface area contributed by atoms with Gasteiger partial charge in [-0.1, -0.05) is 20.3 Å². The maximum Gasteiger partial charge on any atom is 0.308 e. The van der Waals surface area contributed by atoms with Crippen LogP contribution in [0.3, 0.4) is 0 Å². The quantitative estimate of drug-likeness (QED) is 0.847. The fourth-order valence-electron chi connectivity index (χ4n) is 4.32. The standard InChI is InChI=1S/C16H29NO2/c1-4-12-7-9-14(16(18)19)15(10-12)17-11(3)6-8-13(17)5-2/h11-15H,4-10H2,1-3H3,(H,18,19). The Morgan fingerprint density at radius 1 is 1.16 bits per heavy atom. The molecule has 1 heterocycles. The third-order valence-corrected chi connectivity index (χ3v) is 5.52. The largest absolute Gasteiger partial charge is 0.481 e. The van der Waals surface area contributed by atoms with E-state index in [9.17, 15) is 9.90 Å². The molecule has 2 rings (SSSR count).